The van der Waals surface area contributed by atoms with Crippen molar-refractivity contribution in [2.24, 2.45) is 5.92 Å². The van der Waals surface area contributed by atoms with Crippen LogP contribution in [0.3, 0.4) is 0 Å². The van der Waals surface area contributed by atoms with Gasteiger partial charge >= 0.3 is 184 Å². The number of rotatable bonds is 3. The fourth-order valence-electron chi connectivity index (χ4n) is 4.27. The molecule has 0 spiro atoms. The molecule has 2 aliphatic rings. The maximum atomic E-state index is 12.5. The van der Waals surface area contributed by atoms with Crippen molar-refractivity contribution in [1.29, 1.82) is 0 Å². The first-order chi connectivity index (χ1) is 14.0. The van der Waals surface area contributed by atoms with E-state index in [1.54, 1.807) is 6.92 Å². The van der Waals surface area contributed by atoms with Crippen LogP contribution in [-0.2, 0) is 4.79 Å². The second kappa shape index (κ2) is 8.55. The monoisotopic (exact) mass is 506 g/mol. The Labute approximate surface area is 183 Å². The number of fused-ring (bicyclic) bond motifs is 1. The van der Waals surface area contributed by atoms with E-state index >= 15 is 0 Å². The van der Waals surface area contributed by atoms with Gasteiger partial charge in [0.05, 0.1) is 0 Å². The number of halogens is 1. The van der Waals surface area contributed by atoms with Crippen molar-refractivity contribution < 1.29 is 26.0 Å². The van der Waals surface area contributed by atoms with E-state index in [2.05, 4.69) is 47.2 Å². The van der Waals surface area contributed by atoms with Gasteiger partial charge in [-0.05, 0) is 0 Å². The van der Waals surface area contributed by atoms with Gasteiger partial charge < -0.3 is 0 Å². The van der Waals surface area contributed by atoms with E-state index in [1.165, 1.54) is 11.3 Å². The van der Waals surface area contributed by atoms with Crippen LogP contribution in [0.2, 0.25) is 0 Å². The van der Waals surface area contributed by atoms with Gasteiger partial charge in [0, 0.05) is 0 Å². The number of aryl methyl sites for hydroxylation is 1. The Bertz CT molecular complexity index is 899. The molecule has 1 aromatic heterocycles. The summed E-state index contributed by atoms with van der Waals surface area (Å²) in [6.45, 7) is 12.2. The third kappa shape index (κ3) is 4.12. The van der Waals surface area contributed by atoms with Crippen LogP contribution in [0.4, 0.5) is 11.4 Å². The number of hydrogen-bond donors (Lipinski definition) is 1. The zero-order valence-corrected chi connectivity index (χ0v) is 19.7. The fraction of sp³-hybridized carbons (Fsp3) is 0.500. The summed E-state index contributed by atoms with van der Waals surface area (Å²) in [5.74, 6) is 0.477. The second-order valence-corrected chi connectivity index (χ2v) is 10.9. The first-order valence-corrected chi connectivity index (χ1v) is 12.6. The zero-order chi connectivity index (χ0) is 20.5. The quantitative estimate of drug-likeness (QED) is 0.349. The molecule has 6 nitrogen and oxygen atoms in total. The van der Waals surface area contributed by atoms with Crippen molar-refractivity contribution in [2.75, 3.05) is 36.0 Å². The number of piperazine rings is 1. The van der Waals surface area contributed by atoms with Crippen molar-refractivity contribution in [1.82, 2.24) is 15.3 Å². The van der Waals surface area contributed by atoms with Crippen LogP contribution < -0.4 is 36.3 Å². The standard InChI is InChI=1S/C22H29IN5O/c1-14-7-8-25-22(26-14)23-21-15(2)16(3)28(17(4)29)20-6-5-18(13-19(20)21)27-11-9-24-10-12-27/h5-8,13,15-16,21,24H,9-12H2,1-4H3/q-1/t15-,16-,21+/m0/s1. The Hall–Kier alpha value is -1.74. The van der Waals surface area contributed by atoms with E-state index < -0.39 is 21.2 Å². The molecule has 2 aromatic rings. The molecule has 4 rings (SSSR count). The van der Waals surface area contributed by atoms with Crippen LogP contribution in [0.5, 0.6) is 0 Å². The van der Waals surface area contributed by atoms with Gasteiger partial charge in [0.25, 0.3) is 0 Å². The third-order valence-corrected chi connectivity index (χ3v) is 9.55. The summed E-state index contributed by atoms with van der Waals surface area (Å²) in [7, 11) is 0. The van der Waals surface area contributed by atoms with E-state index in [-0.39, 0.29) is 11.9 Å². The van der Waals surface area contributed by atoms with Gasteiger partial charge in [0.15, 0.2) is 0 Å². The van der Waals surface area contributed by atoms with Crippen molar-refractivity contribution in [3.05, 3.63) is 45.6 Å². The Morgan fingerprint density at radius 2 is 1.97 bits per heavy atom. The normalized spacial score (nSPS) is 24.5. The number of anilines is 2. The molecule has 3 heterocycles. The molecule has 1 saturated heterocycles. The molecular formula is C22H29IN5O-. The first kappa shape index (κ1) is 20.5. The number of amides is 1. The Balaban J connectivity index is 1.76. The van der Waals surface area contributed by atoms with Crippen molar-refractivity contribution in [2.45, 2.75) is 37.7 Å². The van der Waals surface area contributed by atoms with Gasteiger partial charge in [-0.15, -0.1) is 0 Å². The first-order valence-electron chi connectivity index (χ1n) is 10.3. The van der Waals surface area contributed by atoms with E-state index in [0.717, 1.165) is 41.4 Å². The Morgan fingerprint density at radius 3 is 2.66 bits per heavy atom. The molecule has 29 heavy (non-hydrogen) atoms. The number of nitrogens with one attached hydrogen (secondary N) is 1. The van der Waals surface area contributed by atoms with Crippen LogP contribution in [-0.4, -0.2) is 48.1 Å². The second-order valence-electron chi connectivity index (χ2n) is 7.95. The third-order valence-electron chi connectivity index (χ3n) is 6.00. The molecule has 156 valence electrons. The molecule has 1 N–H and O–H groups in total. The Morgan fingerprint density at radius 1 is 1.21 bits per heavy atom. The number of aromatic nitrogens is 2. The maximum absolute atomic E-state index is 12.5. The fourth-order valence-corrected chi connectivity index (χ4v) is 7.72. The predicted octanol–water partition coefficient (Wildman–Crippen LogP) is -0.414. The number of carbonyl (C=O) groups excluding carboxylic acids is 1. The van der Waals surface area contributed by atoms with Crippen molar-refractivity contribution in [3.63, 3.8) is 0 Å². The minimum atomic E-state index is -0.429. The molecule has 0 aliphatic carbocycles. The average Bonchev–Trinajstić information content (AvgIpc) is 2.72. The summed E-state index contributed by atoms with van der Waals surface area (Å²) in [6, 6.07) is 8.79. The molecule has 0 bridgehead atoms. The van der Waals surface area contributed by atoms with E-state index in [9.17, 15) is 4.79 Å². The number of carbonyl (C=O) groups is 1. The molecule has 1 fully saturated rings. The average molecular weight is 506 g/mol. The van der Waals surface area contributed by atoms with Crippen LogP contribution in [0.1, 0.15) is 36.0 Å². The molecule has 2 aliphatic heterocycles. The topological polar surface area (TPSA) is 61.4 Å². The number of alkyl halides is 1. The molecule has 1 aromatic carbocycles. The predicted molar refractivity (Wildman–Crippen MR) is 112 cm³/mol. The molecular weight excluding hydrogens is 477 g/mol. The van der Waals surface area contributed by atoms with Gasteiger partial charge in [-0.2, -0.15) is 0 Å². The summed E-state index contributed by atoms with van der Waals surface area (Å²) >= 11 is -0.429. The summed E-state index contributed by atoms with van der Waals surface area (Å²) in [6.07, 6.45) is 1.87. The minimum absolute atomic E-state index is 0.115. The molecule has 1 amide bonds. The summed E-state index contributed by atoms with van der Waals surface area (Å²) < 4.78 is 1.38. The van der Waals surface area contributed by atoms with Crippen LogP contribution in [0, 0.1) is 16.7 Å². The van der Waals surface area contributed by atoms with Gasteiger partial charge in [-0.1, -0.05) is 0 Å². The molecule has 7 heteroatoms. The van der Waals surface area contributed by atoms with Gasteiger partial charge in [0.1, 0.15) is 0 Å². The summed E-state index contributed by atoms with van der Waals surface area (Å²) in [4.78, 5) is 26.2. The van der Waals surface area contributed by atoms with E-state index in [4.69, 9.17) is 4.98 Å². The van der Waals surface area contributed by atoms with E-state index in [1.807, 2.05) is 24.1 Å². The Kier molecular flexibility index (Phi) is 6.06. The number of hydrogen-bond acceptors (Lipinski definition) is 5. The van der Waals surface area contributed by atoms with Crippen LogP contribution in [0.15, 0.2) is 30.5 Å². The summed E-state index contributed by atoms with van der Waals surface area (Å²) in [5.41, 5.74) is 4.64. The molecule has 0 unspecified atom stereocenters. The molecule has 3 atom stereocenters. The number of nitrogens with zero attached hydrogens (tertiary/aromatic N) is 4. The van der Waals surface area contributed by atoms with Gasteiger partial charge in [-0.3, -0.25) is 0 Å². The van der Waals surface area contributed by atoms with Crippen molar-refractivity contribution in [3.8, 4) is 0 Å². The number of benzene rings is 1. The van der Waals surface area contributed by atoms with Crippen LogP contribution in [0.25, 0.3) is 0 Å². The van der Waals surface area contributed by atoms with E-state index in [0.29, 0.717) is 9.84 Å². The SMILES string of the molecule is CC(=O)N1c2ccc(N3CCNCC3)cc2[C@H]([I-]c2nccc(C)n2)[C@@H](C)[C@@H]1C. The van der Waals surface area contributed by atoms with Crippen LogP contribution >= 0.6 is 0 Å². The molecule has 0 radical (unpaired) electrons. The summed E-state index contributed by atoms with van der Waals surface area (Å²) in [5, 5.41) is 3.42. The van der Waals surface area contributed by atoms with Crippen molar-refractivity contribution >= 4 is 17.3 Å². The van der Waals surface area contributed by atoms with Gasteiger partial charge in [-0.25, -0.2) is 0 Å². The zero-order valence-electron chi connectivity index (χ0n) is 17.5. The van der Waals surface area contributed by atoms with Gasteiger partial charge in [0.2, 0.25) is 0 Å². The molecule has 0 saturated carbocycles.